The van der Waals surface area contributed by atoms with Gasteiger partial charge in [0.25, 0.3) is 5.91 Å². The molecule has 3 aromatic carbocycles. The highest BCUT2D eigenvalue weighted by Crippen LogP contribution is 2.27. The first-order valence-electron chi connectivity index (χ1n) is 12.7. The number of hydrogen-bond donors (Lipinski definition) is 1. The maximum absolute atomic E-state index is 13.3. The normalized spacial score (nSPS) is 11.6. The van der Waals surface area contributed by atoms with Crippen molar-refractivity contribution >= 4 is 23.0 Å². The van der Waals surface area contributed by atoms with Crippen LogP contribution in [0.2, 0.25) is 0 Å². The smallest absolute Gasteiger partial charge is 0.288 e. The molecule has 196 valence electrons. The Morgan fingerprint density at radius 3 is 2.50 bits per heavy atom. The van der Waals surface area contributed by atoms with Gasteiger partial charge < -0.3 is 10.1 Å². The van der Waals surface area contributed by atoms with E-state index in [4.69, 9.17) is 4.74 Å². The molecule has 1 heterocycles. The molecule has 4 rings (SSSR count). The van der Waals surface area contributed by atoms with E-state index in [0.29, 0.717) is 22.2 Å². The Kier molecular flexibility index (Phi) is 9.70. The molecule has 1 aromatic heterocycles. The lowest BCUT2D eigenvalue weighted by molar-refractivity contribution is -0.139. The van der Waals surface area contributed by atoms with Crippen molar-refractivity contribution in [2.45, 2.75) is 51.7 Å². The number of benzene rings is 3. The molecule has 0 bridgehead atoms. The van der Waals surface area contributed by atoms with Gasteiger partial charge in [-0.15, -0.1) is 10.2 Å². The zero-order valence-corrected chi connectivity index (χ0v) is 22.0. The minimum atomic E-state index is -0.605. The van der Waals surface area contributed by atoms with Crippen LogP contribution in [0.15, 0.2) is 78.9 Å². The molecular formula is C30H30FN3O3S. The van der Waals surface area contributed by atoms with E-state index in [1.54, 1.807) is 12.1 Å². The number of ketones is 1. The summed E-state index contributed by atoms with van der Waals surface area (Å²) >= 11 is 1.35. The third-order valence-electron chi connectivity index (χ3n) is 6.10. The van der Waals surface area contributed by atoms with Crippen molar-refractivity contribution in [1.29, 1.82) is 0 Å². The van der Waals surface area contributed by atoms with Gasteiger partial charge in [0.1, 0.15) is 28.2 Å². The van der Waals surface area contributed by atoms with Crippen LogP contribution in [-0.4, -0.2) is 21.9 Å². The summed E-state index contributed by atoms with van der Waals surface area (Å²) in [5.41, 5.74) is 2.47. The molecule has 1 unspecified atom stereocenters. The van der Waals surface area contributed by atoms with Gasteiger partial charge in [0.15, 0.2) is 0 Å². The van der Waals surface area contributed by atoms with Crippen LogP contribution in [-0.2, 0) is 22.7 Å². The average Bonchev–Trinajstić information content (AvgIpc) is 3.42. The maximum Gasteiger partial charge on any atom is 0.288 e. The van der Waals surface area contributed by atoms with Gasteiger partial charge in [0, 0.05) is 5.56 Å². The maximum atomic E-state index is 13.3. The Hall–Kier alpha value is -3.91. The van der Waals surface area contributed by atoms with Gasteiger partial charge in [0.05, 0.1) is 12.5 Å². The second-order valence-corrected chi connectivity index (χ2v) is 10.0. The molecule has 1 N–H and O–H groups in total. The van der Waals surface area contributed by atoms with Gasteiger partial charge in [-0.05, 0) is 53.9 Å². The van der Waals surface area contributed by atoms with Gasteiger partial charge in [-0.25, -0.2) is 4.39 Å². The molecular weight excluding hydrogens is 501 g/mol. The predicted octanol–water partition coefficient (Wildman–Crippen LogP) is 6.47. The van der Waals surface area contributed by atoms with Crippen LogP contribution in [0.25, 0.3) is 10.6 Å². The topological polar surface area (TPSA) is 81.2 Å². The van der Waals surface area contributed by atoms with E-state index in [-0.39, 0.29) is 19.0 Å². The molecule has 0 aliphatic rings. The molecule has 1 amide bonds. The van der Waals surface area contributed by atoms with Gasteiger partial charge in [-0.3, -0.25) is 9.59 Å². The SMILES string of the molecule is CCCCCC(C(=O)C(=O)NCc1nnc(-c2ccc(OCc3cccc(F)c3)cc2)s1)c1ccccc1. The standard InChI is InChI=1S/C30H30FN3O3S/c1-2-3-5-13-26(22-10-6-4-7-11-22)28(35)29(36)32-19-27-33-34-30(38-27)23-14-16-25(17-15-23)37-20-21-9-8-12-24(31)18-21/h4,6-12,14-18,26H,2-3,5,13,19-20H2,1H3,(H,32,36). The minimum Gasteiger partial charge on any atom is -0.489 e. The Labute approximate surface area is 225 Å². The van der Waals surface area contributed by atoms with Gasteiger partial charge in [-0.1, -0.05) is 80.0 Å². The number of carbonyl (C=O) groups excluding carboxylic acids is 2. The van der Waals surface area contributed by atoms with Crippen LogP contribution >= 0.6 is 11.3 Å². The van der Waals surface area contributed by atoms with Crippen molar-refractivity contribution in [3.05, 3.63) is 101 Å². The first-order chi connectivity index (χ1) is 18.5. The van der Waals surface area contributed by atoms with Crippen LogP contribution in [0.4, 0.5) is 4.39 Å². The lowest BCUT2D eigenvalue weighted by atomic mass is 9.89. The molecule has 6 nitrogen and oxygen atoms in total. The van der Waals surface area contributed by atoms with Gasteiger partial charge >= 0.3 is 0 Å². The number of aromatic nitrogens is 2. The Morgan fingerprint density at radius 1 is 0.974 bits per heavy atom. The monoisotopic (exact) mass is 531 g/mol. The lowest BCUT2D eigenvalue weighted by Gasteiger charge is -2.15. The fraction of sp³-hybridized carbons (Fsp3) is 0.267. The molecule has 1 atom stereocenters. The Morgan fingerprint density at radius 2 is 1.76 bits per heavy atom. The van der Waals surface area contributed by atoms with Crippen molar-refractivity contribution in [1.82, 2.24) is 15.5 Å². The van der Waals surface area contributed by atoms with Crippen molar-refractivity contribution in [3.8, 4) is 16.3 Å². The highest BCUT2D eigenvalue weighted by molar-refractivity contribution is 7.14. The van der Waals surface area contributed by atoms with Crippen molar-refractivity contribution < 1.29 is 18.7 Å². The fourth-order valence-electron chi connectivity index (χ4n) is 4.06. The number of rotatable bonds is 13. The van der Waals surface area contributed by atoms with E-state index in [9.17, 15) is 14.0 Å². The molecule has 0 fully saturated rings. The number of halogens is 1. The molecule has 0 aliphatic heterocycles. The Balaban J connectivity index is 1.32. The summed E-state index contributed by atoms with van der Waals surface area (Å²) in [5.74, 6) is -1.12. The summed E-state index contributed by atoms with van der Waals surface area (Å²) in [6, 6.07) is 23.1. The van der Waals surface area contributed by atoms with Crippen molar-refractivity contribution in [2.75, 3.05) is 0 Å². The molecule has 38 heavy (non-hydrogen) atoms. The first kappa shape index (κ1) is 27.1. The van der Waals surface area contributed by atoms with Gasteiger partial charge in [-0.2, -0.15) is 0 Å². The lowest BCUT2D eigenvalue weighted by Crippen LogP contribution is -2.34. The fourth-order valence-corrected chi connectivity index (χ4v) is 4.85. The van der Waals surface area contributed by atoms with E-state index in [1.807, 2.05) is 54.6 Å². The van der Waals surface area contributed by atoms with E-state index in [1.165, 1.54) is 23.5 Å². The molecule has 0 radical (unpaired) electrons. The number of amides is 1. The molecule has 0 saturated heterocycles. The van der Waals surface area contributed by atoms with E-state index >= 15 is 0 Å². The zero-order chi connectivity index (χ0) is 26.7. The zero-order valence-electron chi connectivity index (χ0n) is 21.2. The third-order valence-corrected chi connectivity index (χ3v) is 7.07. The summed E-state index contributed by atoms with van der Waals surface area (Å²) in [6.45, 7) is 2.51. The Bertz CT molecular complexity index is 1340. The van der Waals surface area contributed by atoms with Crippen LogP contribution in [0, 0.1) is 5.82 Å². The summed E-state index contributed by atoms with van der Waals surface area (Å²) < 4.78 is 19.1. The van der Waals surface area contributed by atoms with E-state index in [2.05, 4.69) is 22.4 Å². The quantitative estimate of drug-likeness (QED) is 0.158. The number of carbonyl (C=O) groups is 2. The van der Waals surface area contributed by atoms with Crippen molar-refractivity contribution in [2.24, 2.45) is 0 Å². The summed E-state index contributed by atoms with van der Waals surface area (Å²) in [7, 11) is 0. The van der Waals surface area contributed by atoms with Crippen LogP contribution in [0.1, 0.15) is 54.7 Å². The van der Waals surface area contributed by atoms with Gasteiger partial charge in [0.2, 0.25) is 5.78 Å². The number of nitrogens with one attached hydrogen (secondary N) is 1. The molecule has 0 saturated carbocycles. The highest BCUT2D eigenvalue weighted by atomic mass is 32.1. The van der Waals surface area contributed by atoms with E-state index in [0.717, 1.165) is 36.0 Å². The average molecular weight is 532 g/mol. The summed E-state index contributed by atoms with van der Waals surface area (Å²) in [5, 5.41) is 12.4. The first-order valence-corrected chi connectivity index (χ1v) is 13.5. The minimum absolute atomic E-state index is 0.132. The predicted molar refractivity (Wildman–Crippen MR) is 146 cm³/mol. The molecule has 4 aromatic rings. The molecule has 8 heteroatoms. The van der Waals surface area contributed by atoms with Crippen molar-refractivity contribution in [3.63, 3.8) is 0 Å². The van der Waals surface area contributed by atoms with Crippen LogP contribution in [0.3, 0.4) is 0 Å². The third kappa shape index (κ3) is 7.55. The number of nitrogens with zero attached hydrogens (tertiary/aromatic N) is 2. The van der Waals surface area contributed by atoms with E-state index < -0.39 is 17.6 Å². The number of Topliss-reactive ketones (excluding diaryl/α,β-unsaturated/α-hetero) is 1. The second kappa shape index (κ2) is 13.6. The summed E-state index contributed by atoms with van der Waals surface area (Å²) in [4.78, 5) is 25.7. The molecule has 0 spiro atoms. The number of unbranched alkanes of at least 4 members (excludes halogenated alkanes) is 2. The number of ether oxygens (including phenoxy) is 1. The van der Waals surface area contributed by atoms with Crippen LogP contribution < -0.4 is 10.1 Å². The molecule has 0 aliphatic carbocycles. The second-order valence-electron chi connectivity index (χ2n) is 8.95. The number of hydrogen-bond acceptors (Lipinski definition) is 6. The highest BCUT2D eigenvalue weighted by Gasteiger charge is 2.26. The largest absolute Gasteiger partial charge is 0.489 e. The summed E-state index contributed by atoms with van der Waals surface area (Å²) in [6.07, 6.45) is 3.61. The van der Waals surface area contributed by atoms with Crippen LogP contribution in [0.5, 0.6) is 5.75 Å².